The second-order valence-electron chi connectivity index (χ2n) is 6.72. The van der Waals surface area contributed by atoms with Gasteiger partial charge < -0.3 is 15.6 Å². The summed E-state index contributed by atoms with van der Waals surface area (Å²) < 4.78 is 14.6. The minimum atomic E-state index is -0.545. The standard InChI is InChI=1S/C20H21Cl2FN4O/c1-12(16-3-2-15(21)10-17(16)22)27(25)19-9-14(8-18(23)20(19)24)13-4-6-26(11-28)7-5-13/h2-4,8-12H,5-7,24-25H2,1H3. The van der Waals surface area contributed by atoms with Crippen LogP contribution in [0, 0.1) is 5.82 Å². The Morgan fingerprint density at radius 1 is 1.29 bits per heavy atom. The van der Waals surface area contributed by atoms with Gasteiger partial charge in [-0.25, -0.2) is 10.2 Å². The highest BCUT2D eigenvalue weighted by atomic mass is 35.5. The summed E-state index contributed by atoms with van der Waals surface area (Å²) in [4.78, 5) is 12.5. The van der Waals surface area contributed by atoms with E-state index in [0.717, 1.165) is 17.5 Å². The third kappa shape index (κ3) is 4.09. The van der Waals surface area contributed by atoms with Crippen LogP contribution < -0.4 is 16.6 Å². The number of carbonyl (C=O) groups excluding carboxylic acids is 1. The van der Waals surface area contributed by atoms with Gasteiger partial charge in [-0.2, -0.15) is 0 Å². The van der Waals surface area contributed by atoms with Crippen molar-refractivity contribution in [2.24, 2.45) is 5.84 Å². The fourth-order valence-corrected chi connectivity index (χ4v) is 3.81. The van der Waals surface area contributed by atoms with Crippen LogP contribution in [0.4, 0.5) is 15.8 Å². The first kappa shape index (κ1) is 20.5. The molecule has 0 fully saturated rings. The largest absolute Gasteiger partial charge is 0.395 e. The molecule has 1 unspecified atom stereocenters. The number of carbonyl (C=O) groups is 1. The van der Waals surface area contributed by atoms with Crippen LogP contribution in [0.25, 0.3) is 5.57 Å². The van der Waals surface area contributed by atoms with E-state index in [1.807, 2.05) is 13.0 Å². The molecule has 0 aromatic heterocycles. The maximum atomic E-state index is 14.6. The van der Waals surface area contributed by atoms with Crippen molar-refractivity contribution in [3.63, 3.8) is 0 Å². The number of halogens is 3. The minimum absolute atomic E-state index is 0.0332. The molecule has 2 aromatic carbocycles. The van der Waals surface area contributed by atoms with Gasteiger partial charge in [-0.3, -0.25) is 4.79 Å². The predicted octanol–water partition coefficient (Wildman–Crippen LogP) is 4.40. The van der Waals surface area contributed by atoms with E-state index in [4.69, 9.17) is 34.8 Å². The lowest BCUT2D eigenvalue weighted by Gasteiger charge is -2.29. The Morgan fingerprint density at radius 2 is 2.04 bits per heavy atom. The molecular formula is C20H21Cl2FN4O. The summed E-state index contributed by atoms with van der Waals surface area (Å²) >= 11 is 12.3. The van der Waals surface area contributed by atoms with Crippen LogP contribution in [-0.2, 0) is 4.79 Å². The van der Waals surface area contributed by atoms with Gasteiger partial charge in [0.15, 0.2) is 0 Å². The third-order valence-corrected chi connectivity index (χ3v) is 5.54. The molecule has 1 heterocycles. The first-order chi connectivity index (χ1) is 13.3. The van der Waals surface area contributed by atoms with Crippen LogP contribution in [0.15, 0.2) is 36.4 Å². The van der Waals surface area contributed by atoms with Crippen LogP contribution in [0.3, 0.4) is 0 Å². The van der Waals surface area contributed by atoms with Gasteiger partial charge in [-0.05, 0) is 54.3 Å². The van der Waals surface area contributed by atoms with Crippen LogP contribution in [0.2, 0.25) is 10.0 Å². The van der Waals surface area contributed by atoms with E-state index in [0.29, 0.717) is 40.8 Å². The van der Waals surface area contributed by atoms with Crippen LogP contribution in [0.1, 0.15) is 30.5 Å². The molecule has 0 spiro atoms. The molecule has 0 saturated carbocycles. The van der Waals surface area contributed by atoms with E-state index < -0.39 is 5.82 Å². The number of nitrogens with zero attached hydrogens (tertiary/aromatic N) is 2. The molecule has 4 N–H and O–H groups in total. The first-order valence-corrected chi connectivity index (χ1v) is 9.54. The number of rotatable bonds is 5. The topological polar surface area (TPSA) is 75.6 Å². The number of hydrazine groups is 1. The lowest BCUT2D eigenvalue weighted by molar-refractivity contribution is -0.117. The van der Waals surface area contributed by atoms with Crippen molar-refractivity contribution < 1.29 is 9.18 Å². The number of hydrogen-bond donors (Lipinski definition) is 2. The maximum Gasteiger partial charge on any atom is 0.209 e. The molecule has 8 heteroatoms. The zero-order valence-electron chi connectivity index (χ0n) is 15.3. The van der Waals surface area contributed by atoms with Crippen molar-refractivity contribution >= 4 is 46.6 Å². The minimum Gasteiger partial charge on any atom is -0.395 e. The number of anilines is 2. The second-order valence-corrected chi connectivity index (χ2v) is 7.56. The van der Waals surface area contributed by atoms with Crippen molar-refractivity contribution in [1.82, 2.24) is 4.90 Å². The van der Waals surface area contributed by atoms with Gasteiger partial charge in [0.2, 0.25) is 6.41 Å². The Kier molecular flexibility index (Phi) is 6.13. The Labute approximate surface area is 173 Å². The van der Waals surface area contributed by atoms with Crippen molar-refractivity contribution in [2.75, 3.05) is 23.8 Å². The lowest BCUT2D eigenvalue weighted by Crippen LogP contribution is -2.35. The van der Waals surface area contributed by atoms with E-state index in [1.54, 1.807) is 29.2 Å². The molecule has 1 amide bonds. The Bertz CT molecular complexity index is 935. The number of nitrogens with two attached hydrogens (primary N) is 2. The molecule has 148 valence electrons. The molecule has 0 bridgehead atoms. The molecule has 5 nitrogen and oxygen atoms in total. The van der Waals surface area contributed by atoms with Crippen molar-refractivity contribution in [2.45, 2.75) is 19.4 Å². The second kappa shape index (κ2) is 8.39. The summed E-state index contributed by atoms with van der Waals surface area (Å²) in [5, 5.41) is 2.39. The highest BCUT2D eigenvalue weighted by Gasteiger charge is 2.22. The molecule has 1 aliphatic rings. The van der Waals surface area contributed by atoms with Gasteiger partial charge in [0, 0.05) is 23.1 Å². The summed E-state index contributed by atoms with van der Waals surface area (Å²) in [6.07, 6.45) is 3.35. The summed E-state index contributed by atoms with van der Waals surface area (Å²) in [7, 11) is 0. The number of nitrogen functional groups attached to an aromatic ring is 1. The predicted molar refractivity (Wildman–Crippen MR) is 113 cm³/mol. The zero-order chi connectivity index (χ0) is 20.4. The van der Waals surface area contributed by atoms with Gasteiger partial charge in [-0.1, -0.05) is 35.3 Å². The quantitative estimate of drug-likeness (QED) is 0.324. The summed E-state index contributed by atoms with van der Waals surface area (Å²) in [5.41, 5.74) is 8.70. The van der Waals surface area contributed by atoms with Crippen molar-refractivity contribution in [3.05, 3.63) is 63.4 Å². The van der Waals surface area contributed by atoms with Gasteiger partial charge in [-0.15, -0.1) is 0 Å². The molecule has 0 aliphatic carbocycles. The fourth-order valence-electron chi connectivity index (χ4n) is 3.24. The Morgan fingerprint density at radius 3 is 2.64 bits per heavy atom. The molecule has 0 radical (unpaired) electrons. The van der Waals surface area contributed by atoms with Crippen LogP contribution in [-0.4, -0.2) is 24.4 Å². The SMILES string of the molecule is CC(c1ccc(Cl)cc1Cl)N(N)c1cc(C2=CCN(C=O)CC2)cc(F)c1N. The average molecular weight is 423 g/mol. The Hall–Kier alpha value is -2.28. The highest BCUT2D eigenvalue weighted by Crippen LogP contribution is 2.36. The normalized spacial score (nSPS) is 15.2. The third-order valence-electron chi connectivity index (χ3n) is 4.98. The van der Waals surface area contributed by atoms with E-state index in [1.165, 1.54) is 11.1 Å². The van der Waals surface area contributed by atoms with Crippen LogP contribution >= 0.6 is 23.2 Å². The zero-order valence-corrected chi connectivity index (χ0v) is 16.8. The Balaban J connectivity index is 1.95. The van der Waals surface area contributed by atoms with Gasteiger partial charge in [0.25, 0.3) is 0 Å². The van der Waals surface area contributed by atoms with Gasteiger partial charge in [0.05, 0.1) is 17.4 Å². The maximum absolute atomic E-state index is 14.6. The molecular weight excluding hydrogens is 402 g/mol. The molecule has 28 heavy (non-hydrogen) atoms. The van der Waals surface area contributed by atoms with E-state index >= 15 is 0 Å². The van der Waals surface area contributed by atoms with Gasteiger partial charge in [0.1, 0.15) is 5.82 Å². The number of hydrogen-bond acceptors (Lipinski definition) is 4. The molecule has 1 atom stereocenters. The summed E-state index contributed by atoms with van der Waals surface area (Å²) in [6, 6.07) is 7.93. The first-order valence-electron chi connectivity index (χ1n) is 8.78. The molecule has 3 rings (SSSR count). The average Bonchev–Trinajstić information content (AvgIpc) is 2.69. The number of amides is 1. The van der Waals surface area contributed by atoms with Crippen molar-refractivity contribution in [3.8, 4) is 0 Å². The smallest absolute Gasteiger partial charge is 0.209 e. The molecule has 1 aliphatic heterocycles. The van der Waals surface area contributed by atoms with Gasteiger partial charge >= 0.3 is 0 Å². The van der Waals surface area contributed by atoms with E-state index in [-0.39, 0.29) is 11.7 Å². The van der Waals surface area contributed by atoms with E-state index in [9.17, 15) is 9.18 Å². The monoisotopic (exact) mass is 422 g/mol. The van der Waals surface area contributed by atoms with E-state index in [2.05, 4.69) is 0 Å². The van der Waals surface area contributed by atoms with Crippen LogP contribution in [0.5, 0.6) is 0 Å². The highest BCUT2D eigenvalue weighted by molar-refractivity contribution is 6.35. The summed E-state index contributed by atoms with van der Waals surface area (Å²) in [6.45, 7) is 2.92. The summed E-state index contributed by atoms with van der Waals surface area (Å²) in [5.74, 6) is 5.76. The number of benzene rings is 2. The fraction of sp³-hybridized carbons (Fsp3) is 0.250. The molecule has 0 saturated heterocycles. The lowest BCUT2D eigenvalue weighted by atomic mass is 9.97. The molecule has 2 aromatic rings. The van der Waals surface area contributed by atoms with Crippen molar-refractivity contribution in [1.29, 1.82) is 0 Å².